The molecule has 0 fully saturated rings. The van der Waals surface area contributed by atoms with Gasteiger partial charge >= 0.3 is 7.12 Å². The molecule has 4 aromatic heterocycles. The van der Waals surface area contributed by atoms with Crippen molar-refractivity contribution in [3.05, 3.63) is 613 Å². The van der Waals surface area contributed by atoms with Crippen LogP contribution in [0.1, 0.15) is 66.8 Å². The van der Waals surface area contributed by atoms with Gasteiger partial charge in [-0.05, 0) is 116 Å². The molecule has 21 aromatic carbocycles. The van der Waals surface area contributed by atoms with Crippen LogP contribution in [0, 0.1) is 56.6 Å². The van der Waals surface area contributed by atoms with Gasteiger partial charge in [0.2, 0.25) is 5.69 Å². The predicted octanol–water partition coefficient (Wildman–Crippen LogP) is 27.9. The molecule has 0 spiro atoms. The molecular formula is C129H83BBrN6O6PY3-6. The second-order valence-electron chi connectivity index (χ2n) is 35.8. The minimum absolute atomic E-state index is 0. The number of hydrogen-bond donors (Lipinski definition) is 3. The summed E-state index contributed by atoms with van der Waals surface area (Å²) in [6.45, 7) is 0. The minimum atomic E-state index is -1.80. The Balaban J connectivity index is 0.000000113. The predicted molar refractivity (Wildman–Crippen MR) is 588 cm³/mol. The molecule has 18 heteroatoms. The number of benzene rings is 21. The molecule has 25 aromatic rings. The number of hydrogen-bond acceptors (Lipinski definition) is 6. The molecule has 3 aliphatic rings. The van der Waals surface area contributed by atoms with Gasteiger partial charge in [-0.3, -0.25) is 20.2 Å². The van der Waals surface area contributed by atoms with Crippen LogP contribution in [-0.4, -0.2) is 45.7 Å². The van der Waals surface area contributed by atoms with Crippen LogP contribution in [0.5, 0.6) is 0 Å². The van der Waals surface area contributed by atoms with Gasteiger partial charge in [-0.25, -0.2) is 0 Å². The first-order chi connectivity index (χ1) is 70.9. The molecule has 0 amide bonds. The smallest absolute Gasteiger partial charge is 0.423 e. The SMILES string of the molecule is Brc1[c-]c(C2(c3[c-]cccc3)c3ccccc3-n3c4ccccc4c4cccc2c43)ccc1.O=[N+]([O-])c1ccccc1-c1[c-]c(C2(c3[c-]cccc3)c3ccccc3-n3c4ccccc4c4cccc2c43)ccc1.O=[N+]([O-])c1ccccc1B(O)O.[Y].[Y].[Y].[c-]1ccccc1C1(c2[c-]c3c(cc2)[nH]c2ccccc23)c2ccccc2-n2c3ccccc3c3cccc1c32.c1ccc(P(c2ccccc2)c2ccccc2)cc1. The topological polar surface area (TPSA) is 157 Å². The summed E-state index contributed by atoms with van der Waals surface area (Å²) >= 11 is 3.69. The van der Waals surface area contributed by atoms with Gasteiger partial charge in [-0.1, -0.05) is 335 Å². The second-order valence-corrected chi connectivity index (χ2v) is 38.9. The van der Waals surface area contributed by atoms with E-state index in [0.717, 1.165) is 82.1 Å². The zero-order valence-electron chi connectivity index (χ0n) is 79.1. The number of aromatic nitrogens is 4. The number of rotatable bonds is 13. The van der Waals surface area contributed by atoms with Gasteiger partial charge in [0, 0.05) is 159 Å². The molecule has 0 saturated heterocycles. The monoisotopic (exact) mass is 2200 g/mol. The molecule has 695 valence electrons. The summed E-state index contributed by atoms with van der Waals surface area (Å²) in [6, 6.07) is 189. The van der Waals surface area contributed by atoms with E-state index in [1.807, 2.05) is 60.7 Å². The van der Waals surface area contributed by atoms with Gasteiger partial charge in [-0.2, -0.15) is 115 Å². The van der Waals surface area contributed by atoms with Gasteiger partial charge in [0.15, 0.2) is 0 Å². The molecule has 3 N–H and O–H groups in total. The molecule has 7 heterocycles. The van der Waals surface area contributed by atoms with Crippen molar-refractivity contribution in [1.29, 1.82) is 0 Å². The number of para-hydroxylation sites is 12. The summed E-state index contributed by atoms with van der Waals surface area (Å²) in [7, 11) is -2.25. The number of nitrogens with one attached hydrogen (secondary N) is 1. The van der Waals surface area contributed by atoms with Crippen molar-refractivity contribution in [3.8, 4) is 28.2 Å². The fraction of sp³-hybridized carbons (Fsp3) is 0.0233. The van der Waals surface area contributed by atoms with E-state index < -0.39 is 36.2 Å². The number of nitrogens with zero attached hydrogens (tertiary/aromatic N) is 5. The Morgan fingerprint density at radius 3 is 1.04 bits per heavy atom. The maximum absolute atomic E-state index is 12.0. The van der Waals surface area contributed by atoms with Crippen LogP contribution in [0.2, 0.25) is 0 Å². The van der Waals surface area contributed by atoms with E-state index in [1.165, 1.54) is 134 Å². The molecule has 0 bridgehead atoms. The van der Waals surface area contributed by atoms with Crippen LogP contribution >= 0.6 is 23.9 Å². The summed E-state index contributed by atoms with van der Waals surface area (Å²) in [5.41, 5.74) is 25.6. The normalized spacial score (nSPS) is 14.6. The largest absolute Gasteiger partial charge is 0.495 e. The van der Waals surface area contributed by atoms with E-state index in [0.29, 0.717) is 11.1 Å². The zero-order chi connectivity index (χ0) is 97.2. The van der Waals surface area contributed by atoms with Gasteiger partial charge in [0.25, 0.3) is 5.69 Å². The fourth-order valence-corrected chi connectivity index (χ4v) is 25.2. The van der Waals surface area contributed by atoms with Gasteiger partial charge < -0.3 is 28.7 Å². The third-order valence-electron chi connectivity index (χ3n) is 28.3. The summed E-state index contributed by atoms with van der Waals surface area (Å²) in [6.07, 6.45) is 0. The van der Waals surface area contributed by atoms with Crippen LogP contribution in [0.3, 0.4) is 0 Å². The molecule has 0 saturated carbocycles. The molecular weight excluding hydrogens is 2120 g/mol. The van der Waals surface area contributed by atoms with E-state index in [2.05, 4.69) is 453 Å². The van der Waals surface area contributed by atoms with Crippen molar-refractivity contribution in [1.82, 2.24) is 18.7 Å². The second kappa shape index (κ2) is 42.0. The van der Waals surface area contributed by atoms with E-state index in [-0.39, 0.29) is 120 Å². The molecule has 28 rings (SSSR count). The van der Waals surface area contributed by atoms with Crippen molar-refractivity contribution in [2.24, 2.45) is 0 Å². The van der Waals surface area contributed by atoms with Crippen molar-refractivity contribution in [2.75, 3.05) is 0 Å². The minimum Gasteiger partial charge on any atom is -0.423 e. The van der Waals surface area contributed by atoms with Gasteiger partial charge in [0.05, 0.1) is 65.5 Å². The number of fused-ring (bicyclic) bond motifs is 18. The Bertz CT molecular complexity index is 9190. The van der Waals surface area contributed by atoms with Gasteiger partial charge in [0.1, 0.15) is 0 Å². The molecule has 3 radical (unpaired) electrons. The molecule has 12 nitrogen and oxygen atoms in total. The van der Waals surface area contributed by atoms with E-state index in [4.69, 9.17) is 10.0 Å². The standard InChI is InChI=1S/C37H22N2O2.C37H22N2.C31H18BrN.C18H15P.C6H6BNO4.3Y/c40-39(41)34-22-8-4-16-28(34)25-12-10-15-27(24-25)37(26-13-2-1-3-14-26)31-19-6-9-23-35(31)38-33-21-7-5-17-29(33)30-18-11-20-32(37)36(30)38;1-2-11-24(12-3-1)37(25-21-22-33-29(23-25)26-13-4-7-18-32(26)38-33)30-16-6-9-20-35(30)39-34-19-8-5-14-27(34)28-15-10-17-31(37)36(28)39;32-23-13-8-12-22(20-23)31(21-10-2-1-3-11-21)26-16-5-7-19-29(26)33-28-18-6-4-14-24(28)25-15-9-17-27(31)30(25)33;1-4-10-16(11-5-1)19(17-12-6-2-7-13-17)18-14-8-3-9-15-18;9-7(10)5-3-1-2-4-6(5)8(11)12;;;/h1-13,15-23H;1-11,13-22,38H;1-10,12-19H;1-15H;1-4,9-10H;;;/q3*-2;;;;;. The molecule has 0 aliphatic carbocycles. The van der Waals surface area contributed by atoms with Crippen LogP contribution in [0.15, 0.2) is 490 Å². The summed E-state index contributed by atoms with van der Waals surface area (Å²) < 4.78 is 8.23. The first kappa shape index (κ1) is 98.8. The third kappa shape index (κ3) is 16.8. The number of halogens is 1. The maximum Gasteiger partial charge on any atom is 0.495 e. The van der Waals surface area contributed by atoms with Crippen molar-refractivity contribution >= 4 is 151 Å². The zero-order valence-corrected chi connectivity index (χ0v) is 90.1. The van der Waals surface area contributed by atoms with Crippen molar-refractivity contribution in [2.45, 2.75) is 16.2 Å². The number of nitro groups is 2. The summed E-state index contributed by atoms with van der Waals surface area (Å²) in [5, 5.41) is 53.7. The Labute approximate surface area is 935 Å². The third-order valence-corrected chi connectivity index (χ3v) is 31.2. The van der Waals surface area contributed by atoms with Crippen molar-refractivity contribution in [3.63, 3.8) is 0 Å². The molecule has 3 unspecified atom stereocenters. The summed E-state index contributed by atoms with van der Waals surface area (Å²) in [4.78, 5) is 24.9. The quantitative estimate of drug-likeness (QED) is 0.0343. The van der Waals surface area contributed by atoms with E-state index in [1.54, 1.807) is 18.2 Å². The van der Waals surface area contributed by atoms with Crippen LogP contribution in [0.25, 0.3) is 115 Å². The molecule has 3 aliphatic heterocycles. The fourth-order valence-electron chi connectivity index (χ4n) is 22.6. The average molecular weight is 2200 g/mol. The number of nitro benzene ring substituents is 2. The summed E-state index contributed by atoms with van der Waals surface area (Å²) in [5.74, 6) is 0. The Kier molecular flexibility index (Phi) is 28.2. The van der Waals surface area contributed by atoms with Gasteiger partial charge in [-0.15, -0.1) is 86.8 Å². The Morgan fingerprint density at radius 2 is 0.626 bits per heavy atom. The van der Waals surface area contributed by atoms with Crippen molar-refractivity contribution < 1.29 is 118 Å². The van der Waals surface area contributed by atoms with E-state index in [9.17, 15) is 20.2 Å². The maximum atomic E-state index is 12.0. The Morgan fingerprint density at radius 1 is 0.293 bits per heavy atom. The average Bonchev–Trinajstić information content (AvgIpc) is 1.57. The number of aromatic amines is 1. The Hall–Kier alpha value is -14.2. The van der Waals surface area contributed by atoms with E-state index >= 15 is 0 Å². The number of H-pyrrole nitrogens is 1. The molecule has 147 heavy (non-hydrogen) atoms. The first-order valence-corrected chi connectivity index (χ1v) is 49.8. The van der Waals surface area contributed by atoms with Crippen LogP contribution < -0.4 is 21.4 Å². The van der Waals surface area contributed by atoms with Crippen LogP contribution in [-0.2, 0) is 114 Å². The first-order valence-electron chi connectivity index (χ1n) is 47.6. The van der Waals surface area contributed by atoms with Crippen LogP contribution in [0.4, 0.5) is 11.4 Å². The molecule has 3 atom stereocenters.